The van der Waals surface area contributed by atoms with E-state index in [9.17, 15) is 4.79 Å². The molecular formula is C19H28N2O2. The minimum absolute atomic E-state index is 0.221. The van der Waals surface area contributed by atoms with Gasteiger partial charge < -0.3 is 4.74 Å². The third kappa shape index (κ3) is 10.2. The average molecular weight is 316 g/mol. The number of rotatable bonds is 9. The first-order chi connectivity index (χ1) is 11.1. The van der Waals surface area contributed by atoms with Gasteiger partial charge in [-0.05, 0) is 27.2 Å². The van der Waals surface area contributed by atoms with Gasteiger partial charge in [0.2, 0.25) is 0 Å². The third-order valence-electron chi connectivity index (χ3n) is 3.00. The predicted octanol–water partition coefficient (Wildman–Crippen LogP) is 4.80. The standard InChI is InChI=1S/C19H28N2O2/c1-6-9-10-11-13-18(21-16(4)7-2)17(8-3)20-15-12-14-19(22)23-5/h6-7,9-12,15H,8,13-14H2,1-5H3/b9-6-,11-10-,15-12+,16-7+,20-17?,21-18?. The maximum absolute atomic E-state index is 11.1. The molecule has 126 valence electrons. The number of esters is 1. The minimum Gasteiger partial charge on any atom is -0.469 e. The molecule has 0 amide bonds. The molecule has 0 aliphatic rings. The summed E-state index contributed by atoms with van der Waals surface area (Å²) in [5.41, 5.74) is 2.81. The summed E-state index contributed by atoms with van der Waals surface area (Å²) in [6.45, 7) is 7.96. The zero-order valence-electron chi connectivity index (χ0n) is 14.9. The molecule has 0 atom stereocenters. The maximum atomic E-state index is 11.1. The van der Waals surface area contributed by atoms with E-state index in [0.29, 0.717) is 6.42 Å². The average Bonchev–Trinajstić information content (AvgIpc) is 2.57. The highest BCUT2D eigenvalue weighted by atomic mass is 16.5. The minimum atomic E-state index is -0.276. The summed E-state index contributed by atoms with van der Waals surface area (Å²) in [5, 5.41) is 0. The molecule has 0 heterocycles. The van der Waals surface area contributed by atoms with E-state index < -0.39 is 0 Å². The largest absolute Gasteiger partial charge is 0.469 e. The van der Waals surface area contributed by atoms with Crippen LogP contribution in [-0.2, 0) is 9.53 Å². The summed E-state index contributed by atoms with van der Waals surface area (Å²) in [6, 6.07) is 0. The Morgan fingerprint density at radius 1 is 1.09 bits per heavy atom. The van der Waals surface area contributed by atoms with E-state index in [2.05, 4.69) is 20.8 Å². The Bertz CT molecular complexity index is 536. The van der Waals surface area contributed by atoms with Crippen molar-refractivity contribution in [3.63, 3.8) is 0 Å². The van der Waals surface area contributed by atoms with Crippen molar-refractivity contribution >= 4 is 17.4 Å². The van der Waals surface area contributed by atoms with Crippen LogP contribution in [0.4, 0.5) is 0 Å². The van der Waals surface area contributed by atoms with Crippen molar-refractivity contribution in [2.45, 2.75) is 47.0 Å². The fourth-order valence-electron chi connectivity index (χ4n) is 1.62. The Morgan fingerprint density at radius 2 is 1.83 bits per heavy atom. The van der Waals surface area contributed by atoms with Gasteiger partial charge in [-0.1, -0.05) is 43.4 Å². The molecule has 23 heavy (non-hydrogen) atoms. The lowest BCUT2D eigenvalue weighted by Crippen LogP contribution is -2.12. The lowest BCUT2D eigenvalue weighted by molar-refractivity contribution is -0.139. The first-order valence-electron chi connectivity index (χ1n) is 7.86. The molecule has 0 saturated heterocycles. The Morgan fingerprint density at radius 3 is 2.39 bits per heavy atom. The van der Waals surface area contributed by atoms with Crippen LogP contribution in [0, 0.1) is 0 Å². The molecule has 0 saturated carbocycles. The van der Waals surface area contributed by atoms with Crippen molar-refractivity contribution < 1.29 is 9.53 Å². The van der Waals surface area contributed by atoms with Crippen LogP contribution in [0.2, 0.25) is 0 Å². The number of hydrogen-bond acceptors (Lipinski definition) is 4. The summed E-state index contributed by atoms with van der Waals surface area (Å²) in [6.07, 6.45) is 15.0. The molecule has 0 aromatic rings. The number of nitrogens with zero attached hydrogens (tertiary/aromatic N) is 2. The van der Waals surface area contributed by atoms with E-state index in [4.69, 9.17) is 0 Å². The number of ether oxygens (including phenoxy) is 1. The van der Waals surface area contributed by atoms with Crippen LogP contribution >= 0.6 is 0 Å². The van der Waals surface area contributed by atoms with Crippen molar-refractivity contribution in [2.24, 2.45) is 9.98 Å². The van der Waals surface area contributed by atoms with Crippen molar-refractivity contribution in [1.29, 1.82) is 0 Å². The van der Waals surface area contributed by atoms with Crippen LogP contribution in [-0.4, -0.2) is 24.5 Å². The van der Waals surface area contributed by atoms with Gasteiger partial charge in [0.1, 0.15) is 0 Å². The van der Waals surface area contributed by atoms with Gasteiger partial charge in [0.05, 0.1) is 25.0 Å². The van der Waals surface area contributed by atoms with E-state index in [1.54, 1.807) is 12.3 Å². The summed E-state index contributed by atoms with van der Waals surface area (Å²) < 4.78 is 4.59. The molecule has 0 rings (SSSR count). The van der Waals surface area contributed by atoms with Crippen LogP contribution < -0.4 is 0 Å². The first kappa shape index (κ1) is 20.8. The van der Waals surface area contributed by atoms with Gasteiger partial charge >= 0.3 is 5.97 Å². The number of aliphatic imine (C=N–C) groups is 2. The molecule has 0 radical (unpaired) electrons. The van der Waals surface area contributed by atoms with Crippen LogP contribution in [0.25, 0.3) is 0 Å². The number of allylic oxidation sites excluding steroid dienone is 6. The van der Waals surface area contributed by atoms with Crippen molar-refractivity contribution in [1.82, 2.24) is 0 Å². The van der Waals surface area contributed by atoms with Crippen molar-refractivity contribution in [3.05, 3.63) is 48.4 Å². The second-order valence-electron chi connectivity index (χ2n) is 4.74. The lowest BCUT2D eigenvalue weighted by Gasteiger charge is -2.06. The molecule has 4 heteroatoms. The third-order valence-corrected chi connectivity index (χ3v) is 3.00. The van der Waals surface area contributed by atoms with Crippen molar-refractivity contribution in [2.75, 3.05) is 7.11 Å². The molecule has 0 spiro atoms. The lowest BCUT2D eigenvalue weighted by atomic mass is 10.1. The Hall–Kier alpha value is -2.23. The second-order valence-corrected chi connectivity index (χ2v) is 4.74. The summed E-state index contributed by atoms with van der Waals surface area (Å²) >= 11 is 0. The summed E-state index contributed by atoms with van der Waals surface area (Å²) in [5.74, 6) is -0.276. The van der Waals surface area contributed by atoms with E-state index in [0.717, 1.165) is 23.5 Å². The van der Waals surface area contributed by atoms with E-state index >= 15 is 0 Å². The van der Waals surface area contributed by atoms with Gasteiger partial charge in [0.15, 0.2) is 0 Å². The molecule has 0 unspecified atom stereocenters. The van der Waals surface area contributed by atoms with Crippen LogP contribution in [0.5, 0.6) is 0 Å². The smallest absolute Gasteiger partial charge is 0.309 e. The van der Waals surface area contributed by atoms with E-state index in [1.807, 2.05) is 52.0 Å². The molecule has 0 aliphatic carbocycles. The van der Waals surface area contributed by atoms with Gasteiger partial charge in [0, 0.05) is 18.3 Å². The normalized spacial score (nSPS) is 14.4. The van der Waals surface area contributed by atoms with Gasteiger partial charge in [-0.2, -0.15) is 0 Å². The number of carbonyl (C=O) groups excluding carboxylic acids is 1. The van der Waals surface area contributed by atoms with Crippen LogP contribution in [0.1, 0.15) is 47.0 Å². The number of methoxy groups -OCH3 is 1. The molecule has 0 fully saturated rings. The fraction of sp³-hybridized carbons (Fsp3) is 0.421. The molecule has 0 aliphatic heterocycles. The molecule has 0 aromatic heterocycles. The maximum Gasteiger partial charge on any atom is 0.309 e. The zero-order chi connectivity index (χ0) is 17.5. The summed E-state index contributed by atoms with van der Waals surface area (Å²) in [7, 11) is 1.37. The highest BCUT2D eigenvalue weighted by molar-refractivity contribution is 6.43. The fourth-order valence-corrected chi connectivity index (χ4v) is 1.62. The molecular weight excluding hydrogens is 288 g/mol. The van der Waals surface area contributed by atoms with Crippen LogP contribution in [0.3, 0.4) is 0 Å². The van der Waals surface area contributed by atoms with Gasteiger partial charge in [-0.3, -0.25) is 14.8 Å². The van der Waals surface area contributed by atoms with Crippen LogP contribution in [0.15, 0.2) is 58.3 Å². The zero-order valence-corrected chi connectivity index (χ0v) is 14.9. The highest BCUT2D eigenvalue weighted by Crippen LogP contribution is 2.05. The molecule has 0 aromatic carbocycles. The molecule has 4 nitrogen and oxygen atoms in total. The number of hydrogen-bond donors (Lipinski definition) is 0. The van der Waals surface area contributed by atoms with Gasteiger partial charge in [-0.25, -0.2) is 0 Å². The first-order valence-corrected chi connectivity index (χ1v) is 7.86. The topological polar surface area (TPSA) is 51.0 Å². The highest BCUT2D eigenvalue weighted by Gasteiger charge is 2.05. The Kier molecular flexibility index (Phi) is 12.1. The second kappa shape index (κ2) is 13.4. The quantitative estimate of drug-likeness (QED) is 0.348. The predicted molar refractivity (Wildman–Crippen MR) is 98.9 cm³/mol. The summed E-state index contributed by atoms with van der Waals surface area (Å²) in [4.78, 5) is 20.2. The van der Waals surface area contributed by atoms with Crippen molar-refractivity contribution in [3.8, 4) is 0 Å². The Labute approximate surface area is 140 Å². The Balaban J connectivity index is 5.21. The molecule has 0 bridgehead atoms. The SMILES string of the molecule is C/C=C\C=C/CC(=N/C(C)=C/C)C(CC)=N/C=C/CC(=O)OC. The van der Waals surface area contributed by atoms with E-state index in [1.165, 1.54) is 7.11 Å². The molecule has 0 N–H and O–H groups in total. The number of carbonyl (C=O) groups is 1. The van der Waals surface area contributed by atoms with Gasteiger partial charge in [-0.15, -0.1) is 0 Å². The van der Waals surface area contributed by atoms with Gasteiger partial charge in [0.25, 0.3) is 0 Å². The van der Waals surface area contributed by atoms with E-state index in [-0.39, 0.29) is 12.4 Å². The monoisotopic (exact) mass is 316 g/mol.